The van der Waals surface area contributed by atoms with Gasteiger partial charge in [0, 0.05) is 12.6 Å². The molecule has 110 valence electrons. The summed E-state index contributed by atoms with van der Waals surface area (Å²) in [4.78, 5) is 12.2. The van der Waals surface area contributed by atoms with Gasteiger partial charge in [-0.25, -0.2) is 0 Å². The van der Waals surface area contributed by atoms with Crippen LogP contribution in [0.4, 0.5) is 0 Å². The highest BCUT2D eigenvalue weighted by Gasteiger charge is 2.20. The Morgan fingerprint density at radius 1 is 1.20 bits per heavy atom. The van der Waals surface area contributed by atoms with Crippen molar-refractivity contribution >= 4 is 5.91 Å². The summed E-state index contributed by atoms with van der Waals surface area (Å²) in [6.07, 6.45) is 3.48. The van der Waals surface area contributed by atoms with Crippen LogP contribution < -0.4 is 20.1 Å². The number of rotatable bonds is 8. The van der Waals surface area contributed by atoms with Gasteiger partial charge in [0.05, 0.1) is 14.2 Å². The normalized spacial score (nSPS) is 13.9. The Morgan fingerprint density at radius 3 is 2.40 bits per heavy atom. The van der Waals surface area contributed by atoms with E-state index in [0.29, 0.717) is 29.6 Å². The first-order chi connectivity index (χ1) is 9.76. The molecule has 5 heteroatoms. The zero-order valence-electron chi connectivity index (χ0n) is 12.1. The fourth-order valence-corrected chi connectivity index (χ4v) is 2.05. The molecule has 0 aliphatic heterocycles. The minimum Gasteiger partial charge on any atom is -0.496 e. The summed E-state index contributed by atoms with van der Waals surface area (Å²) >= 11 is 0. The third-order valence-corrected chi connectivity index (χ3v) is 3.30. The van der Waals surface area contributed by atoms with Crippen LogP contribution in [-0.4, -0.2) is 39.3 Å². The number of hydrogen-bond acceptors (Lipinski definition) is 4. The standard InChI is InChI=1S/C15H22N2O3/c1-19-12-5-3-6-13(20-2)14(12)15(18)17-10-4-9-16-11-7-8-11/h3,5-6,11,16H,4,7-10H2,1-2H3,(H,17,18). The summed E-state index contributed by atoms with van der Waals surface area (Å²) in [6, 6.07) is 6.02. The Labute approximate surface area is 119 Å². The monoisotopic (exact) mass is 278 g/mol. The Balaban J connectivity index is 1.86. The highest BCUT2D eigenvalue weighted by atomic mass is 16.5. The molecule has 20 heavy (non-hydrogen) atoms. The van der Waals surface area contributed by atoms with Gasteiger partial charge in [-0.3, -0.25) is 4.79 Å². The minimum absolute atomic E-state index is 0.161. The van der Waals surface area contributed by atoms with E-state index in [1.165, 1.54) is 12.8 Å². The summed E-state index contributed by atoms with van der Waals surface area (Å²) in [6.45, 7) is 1.58. The number of amides is 1. The first kappa shape index (κ1) is 14.7. The average molecular weight is 278 g/mol. The predicted octanol–water partition coefficient (Wildman–Crippen LogP) is 1.58. The summed E-state index contributed by atoms with van der Waals surface area (Å²) in [5.41, 5.74) is 0.452. The number of carbonyl (C=O) groups is 1. The Bertz CT molecular complexity index is 436. The zero-order valence-corrected chi connectivity index (χ0v) is 12.1. The van der Waals surface area contributed by atoms with Crippen molar-refractivity contribution in [2.75, 3.05) is 27.3 Å². The van der Waals surface area contributed by atoms with E-state index in [2.05, 4.69) is 10.6 Å². The molecular formula is C15H22N2O3. The van der Waals surface area contributed by atoms with Gasteiger partial charge in [0.25, 0.3) is 5.91 Å². The summed E-state index contributed by atoms with van der Waals surface area (Å²) < 4.78 is 10.4. The van der Waals surface area contributed by atoms with E-state index in [4.69, 9.17) is 9.47 Å². The van der Waals surface area contributed by atoms with Gasteiger partial charge in [0.15, 0.2) is 0 Å². The molecule has 5 nitrogen and oxygen atoms in total. The molecule has 0 bridgehead atoms. The van der Waals surface area contributed by atoms with Gasteiger partial charge in [-0.1, -0.05) is 6.07 Å². The van der Waals surface area contributed by atoms with Gasteiger partial charge in [-0.15, -0.1) is 0 Å². The molecule has 1 aliphatic rings. The lowest BCUT2D eigenvalue weighted by atomic mass is 10.1. The lowest BCUT2D eigenvalue weighted by Crippen LogP contribution is -2.28. The molecule has 1 amide bonds. The highest BCUT2D eigenvalue weighted by Crippen LogP contribution is 2.27. The predicted molar refractivity (Wildman–Crippen MR) is 77.5 cm³/mol. The van der Waals surface area contributed by atoms with Gasteiger partial charge in [0.2, 0.25) is 0 Å². The zero-order chi connectivity index (χ0) is 14.4. The molecule has 0 saturated heterocycles. The van der Waals surface area contributed by atoms with Crippen LogP contribution in [0.1, 0.15) is 29.6 Å². The lowest BCUT2D eigenvalue weighted by molar-refractivity contribution is 0.0947. The van der Waals surface area contributed by atoms with Crippen molar-refractivity contribution in [1.82, 2.24) is 10.6 Å². The Morgan fingerprint density at radius 2 is 1.85 bits per heavy atom. The second kappa shape index (κ2) is 7.14. The maximum absolute atomic E-state index is 12.2. The van der Waals surface area contributed by atoms with Crippen LogP contribution >= 0.6 is 0 Å². The second-order valence-corrected chi connectivity index (χ2v) is 4.88. The lowest BCUT2D eigenvalue weighted by Gasteiger charge is -2.13. The molecule has 1 aliphatic carbocycles. The Hall–Kier alpha value is -1.75. The third-order valence-electron chi connectivity index (χ3n) is 3.30. The van der Waals surface area contributed by atoms with E-state index in [0.717, 1.165) is 13.0 Å². The van der Waals surface area contributed by atoms with E-state index in [1.807, 2.05) is 0 Å². The van der Waals surface area contributed by atoms with Gasteiger partial charge in [0.1, 0.15) is 17.1 Å². The van der Waals surface area contributed by atoms with E-state index in [-0.39, 0.29) is 5.91 Å². The van der Waals surface area contributed by atoms with Crippen LogP contribution in [0.3, 0.4) is 0 Å². The largest absolute Gasteiger partial charge is 0.496 e. The molecular weight excluding hydrogens is 256 g/mol. The van der Waals surface area contributed by atoms with Crippen molar-refractivity contribution in [3.8, 4) is 11.5 Å². The number of carbonyl (C=O) groups excluding carboxylic acids is 1. The highest BCUT2D eigenvalue weighted by molar-refractivity contribution is 5.99. The van der Waals surface area contributed by atoms with Crippen LogP contribution in [-0.2, 0) is 0 Å². The summed E-state index contributed by atoms with van der Waals surface area (Å²) in [7, 11) is 3.09. The number of methoxy groups -OCH3 is 2. The molecule has 2 N–H and O–H groups in total. The van der Waals surface area contributed by atoms with E-state index < -0.39 is 0 Å². The minimum atomic E-state index is -0.161. The maximum atomic E-state index is 12.2. The fourth-order valence-electron chi connectivity index (χ4n) is 2.05. The number of benzene rings is 1. The Kier molecular flexibility index (Phi) is 5.24. The van der Waals surface area contributed by atoms with Crippen LogP contribution in [0.2, 0.25) is 0 Å². The molecule has 0 aromatic heterocycles. The van der Waals surface area contributed by atoms with Gasteiger partial charge < -0.3 is 20.1 Å². The molecule has 1 aromatic carbocycles. The first-order valence-corrected chi connectivity index (χ1v) is 6.99. The van der Waals surface area contributed by atoms with Crippen molar-refractivity contribution in [3.05, 3.63) is 23.8 Å². The third kappa shape index (κ3) is 3.87. The smallest absolute Gasteiger partial charge is 0.258 e. The molecule has 0 unspecified atom stereocenters. The second-order valence-electron chi connectivity index (χ2n) is 4.88. The van der Waals surface area contributed by atoms with E-state index >= 15 is 0 Å². The van der Waals surface area contributed by atoms with Crippen molar-refractivity contribution in [2.45, 2.75) is 25.3 Å². The molecule has 2 rings (SSSR count). The van der Waals surface area contributed by atoms with Crippen molar-refractivity contribution in [3.63, 3.8) is 0 Å². The van der Waals surface area contributed by atoms with Gasteiger partial charge >= 0.3 is 0 Å². The SMILES string of the molecule is COc1cccc(OC)c1C(=O)NCCCNC1CC1. The summed E-state index contributed by atoms with van der Waals surface area (Å²) in [5, 5.41) is 6.32. The quantitative estimate of drug-likeness (QED) is 0.709. The van der Waals surface area contributed by atoms with Crippen molar-refractivity contribution in [1.29, 1.82) is 0 Å². The fraction of sp³-hybridized carbons (Fsp3) is 0.533. The maximum Gasteiger partial charge on any atom is 0.258 e. The molecule has 0 heterocycles. The van der Waals surface area contributed by atoms with Gasteiger partial charge in [-0.05, 0) is 37.9 Å². The van der Waals surface area contributed by atoms with Crippen LogP contribution in [0.5, 0.6) is 11.5 Å². The molecule has 1 fully saturated rings. The molecule has 1 aromatic rings. The number of ether oxygens (including phenoxy) is 2. The van der Waals surface area contributed by atoms with E-state index in [1.54, 1.807) is 32.4 Å². The van der Waals surface area contributed by atoms with Crippen LogP contribution in [0.25, 0.3) is 0 Å². The van der Waals surface area contributed by atoms with Crippen molar-refractivity contribution in [2.24, 2.45) is 0 Å². The van der Waals surface area contributed by atoms with Gasteiger partial charge in [-0.2, -0.15) is 0 Å². The van der Waals surface area contributed by atoms with Crippen molar-refractivity contribution < 1.29 is 14.3 Å². The number of hydrogen-bond donors (Lipinski definition) is 2. The molecule has 0 spiro atoms. The molecule has 0 radical (unpaired) electrons. The average Bonchev–Trinajstić information content (AvgIpc) is 3.29. The molecule has 1 saturated carbocycles. The van der Waals surface area contributed by atoms with Crippen LogP contribution in [0, 0.1) is 0 Å². The molecule has 0 atom stereocenters. The summed E-state index contributed by atoms with van der Waals surface area (Å²) in [5.74, 6) is 0.890. The number of nitrogens with one attached hydrogen (secondary N) is 2. The van der Waals surface area contributed by atoms with E-state index in [9.17, 15) is 4.79 Å². The topological polar surface area (TPSA) is 59.6 Å². The van der Waals surface area contributed by atoms with Crippen LogP contribution in [0.15, 0.2) is 18.2 Å². The first-order valence-electron chi connectivity index (χ1n) is 6.99.